The number of carbonyl (C=O) groups is 1. The average Bonchev–Trinajstić information content (AvgIpc) is 2.87. The molecule has 1 aliphatic rings. The van der Waals surface area contributed by atoms with Gasteiger partial charge in [0.15, 0.2) is 0 Å². The van der Waals surface area contributed by atoms with E-state index in [1.165, 1.54) is 0 Å². The van der Waals surface area contributed by atoms with Gasteiger partial charge in [-0.1, -0.05) is 6.92 Å². The van der Waals surface area contributed by atoms with Crippen LogP contribution in [0.25, 0.3) is 0 Å². The lowest BCUT2D eigenvalue weighted by atomic mass is 10.2. The van der Waals surface area contributed by atoms with Crippen LogP contribution in [0.3, 0.4) is 0 Å². The number of aromatic nitrogens is 3. The van der Waals surface area contributed by atoms with E-state index >= 15 is 0 Å². The summed E-state index contributed by atoms with van der Waals surface area (Å²) in [6.07, 6.45) is 0.781. The summed E-state index contributed by atoms with van der Waals surface area (Å²) < 4.78 is 5.56. The van der Waals surface area contributed by atoms with Crippen LogP contribution in [-0.4, -0.2) is 65.4 Å². The molecule has 2 rings (SSSR count). The smallest absolute Gasteiger partial charge is 0.293 e. The summed E-state index contributed by atoms with van der Waals surface area (Å²) >= 11 is 0. The molecular weight excluding hydrogens is 234 g/mol. The summed E-state index contributed by atoms with van der Waals surface area (Å²) in [4.78, 5) is 18.1. The van der Waals surface area contributed by atoms with Crippen LogP contribution < -0.4 is 5.32 Å². The molecule has 1 atom stereocenters. The van der Waals surface area contributed by atoms with Gasteiger partial charge in [0.05, 0.1) is 12.7 Å². The molecule has 1 saturated heterocycles. The van der Waals surface area contributed by atoms with Crippen LogP contribution in [0.5, 0.6) is 0 Å². The number of aromatic amines is 1. The number of aryl methyl sites for hydroxylation is 1. The minimum absolute atomic E-state index is 0.0392. The van der Waals surface area contributed by atoms with Gasteiger partial charge in [-0.3, -0.25) is 9.89 Å². The molecule has 0 aromatic carbocycles. The number of carbonyl (C=O) groups excluding carboxylic acids is 1. The Bertz CT molecular complexity index is 404. The molecule has 0 aliphatic carbocycles. The Morgan fingerprint density at radius 3 is 3.17 bits per heavy atom. The third-order valence-corrected chi connectivity index (χ3v) is 2.92. The van der Waals surface area contributed by atoms with Crippen LogP contribution in [0.1, 0.15) is 23.4 Å². The van der Waals surface area contributed by atoms with Crippen LogP contribution in [-0.2, 0) is 11.2 Å². The van der Waals surface area contributed by atoms with Gasteiger partial charge in [-0.2, -0.15) is 0 Å². The third-order valence-electron chi connectivity index (χ3n) is 2.92. The number of nitrogens with one attached hydrogen (secondary N) is 2. The first-order valence-electron chi connectivity index (χ1n) is 6.21. The Morgan fingerprint density at radius 2 is 2.50 bits per heavy atom. The van der Waals surface area contributed by atoms with Gasteiger partial charge < -0.3 is 15.0 Å². The van der Waals surface area contributed by atoms with E-state index < -0.39 is 0 Å². The molecule has 0 spiro atoms. The van der Waals surface area contributed by atoms with Gasteiger partial charge >= 0.3 is 0 Å². The van der Waals surface area contributed by atoms with E-state index in [9.17, 15) is 4.79 Å². The largest absolute Gasteiger partial charge is 0.373 e. The maximum absolute atomic E-state index is 12.2. The minimum atomic E-state index is -0.129. The number of likely N-dealkylation sites (N-methyl/N-ethyl adjacent to an activating group) is 1. The molecule has 1 unspecified atom stereocenters. The monoisotopic (exact) mass is 253 g/mol. The summed E-state index contributed by atoms with van der Waals surface area (Å²) in [6.45, 7) is 4.43. The van der Waals surface area contributed by atoms with Crippen LogP contribution in [0.2, 0.25) is 0 Å². The Morgan fingerprint density at radius 1 is 1.67 bits per heavy atom. The van der Waals surface area contributed by atoms with Gasteiger partial charge in [0, 0.05) is 26.1 Å². The molecule has 1 amide bonds. The molecule has 18 heavy (non-hydrogen) atoms. The molecule has 1 aromatic heterocycles. The number of rotatable bonds is 4. The van der Waals surface area contributed by atoms with Gasteiger partial charge in [-0.25, -0.2) is 4.98 Å². The van der Waals surface area contributed by atoms with E-state index in [4.69, 9.17) is 4.74 Å². The van der Waals surface area contributed by atoms with E-state index in [-0.39, 0.29) is 17.8 Å². The first kappa shape index (κ1) is 13.0. The van der Waals surface area contributed by atoms with Crippen molar-refractivity contribution >= 4 is 5.91 Å². The predicted molar refractivity (Wildman–Crippen MR) is 65.3 cm³/mol. The van der Waals surface area contributed by atoms with E-state index in [1.54, 1.807) is 4.90 Å². The second kappa shape index (κ2) is 5.92. The number of H-pyrrole nitrogens is 1. The third kappa shape index (κ3) is 2.85. The van der Waals surface area contributed by atoms with E-state index in [1.807, 2.05) is 14.0 Å². The fourth-order valence-electron chi connectivity index (χ4n) is 1.95. The van der Waals surface area contributed by atoms with Crippen molar-refractivity contribution in [3.8, 4) is 0 Å². The van der Waals surface area contributed by atoms with Crippen LogP contribution in [0.15, 0.2) is 0 Å². The Kier molecular flexibility index (Phi) is 4.27. The van der Waals surface area contributed by atoms with Crippen molar-refractivity contribution in [2.24, 2.45) is 0 Å². The fraction of sp³-hybridized carbons (Fsp3) is 0.727. The van der Waals surface area contributed by atoms with E-state index in [0.717, 1.165) is 18.8 Å². The molecule has 1 fully saturated rings. The van der Waals surface area contributed by atoms with Crippen molar-refractivity contribution < 1.29 is 9.53 Å². The first-order chi connectivity index (χ1) is 8.74. The summed E-state index contributed by atoms with van der Waals surface area (Å²) in [6, 6.07) is 0. The Hall–Kier alpha value is -1.47. The highest BCUT2D eigenvalue weighted by Crippen LogP contribution is 2.08. The van der Waals surface area contributed by atoms with Crippen molar-refractivity contribution in [1.82, 2.24) is 25.4 Å². The second-order valence-electron chi connectivity index (χ2n) is 4.26. The number of hydrogen-bond donors (Lipinski definition) is 2. The molecule has 0 saturated carbocycles. The van der Waals surface area contributed by atoms with E-state index in [2.05, 4.69) is 20.5 Å². The Labute approximate surface area is 106 Å². The molecule has 0 radical (unpaired) electrons. The first-order valence-corrected chi connectivity index (χ1v) is 6.21. The molecule has 2 N–H and O–H groups in total. The number of morpholine rings is 1. The van der Waals surface area contributed by atoms with Gasteiger partial charge in [0.2, 0.25) is 5.82 Å². The molecule has 7 heteroatoms. The normalized spacial score (nSPS) is 20.1. The standard InChI is InChI=1S/C11H19N5O2/c1-3-9-13-10(15-14-9)11(17)16-4-5-18-8(7-16)6-12-2/h8,12H,3-7H2,1-2H3,(H,13,14,15). The fourth-order valence-corrected chi connectivity index (χ4v) is 1.95. The van der Waals surface area contributed by atoms with Gasteiger partial charge in [0.25, 0.3) is 5.91 Å². The lowest BCUT2D eigenvalue weighted by Crippen LogP contribution is -2.48. The molecule has 7 nitrogen and oxygen atoms in total. The van der Waals surface area contributed by atoms with Gasteiger partial charge in [0.1, 0.15) is 5.82 Å². The van der Waals surface area contributed by atoms with Crippen molar-refractivity contribution in [1.29, 1.82) is 0 Å². The summed E-state index contributed by atoms with van der Waals surface area (Å²) in [5.74, 6) is 0.852. The van der Waals surface area contributed by atoms with Gasteiger partial charge in [-0.05, 0) is 7.05 Å². The maximum Gasteiger partial charge on any atom is 0.293 e. The SMILES string of the molecule is CCc1nc(C(=O)N2CCOC(CNC)C2)n[nH]1. The summed E-state index contributed by atoms with van der Waals surface area (Å²) in [7, 11) is 1.87. The van der Waals surface area contributed by atoms with Crippen molar-refractivity contribution in [2.75, 3.05) is 33.3 Å². The summed E-state index contributed by atoms with van der Waals surface area (Å²) in [5, 5.41) is 9.76. The van der Waals surface area contributed by atoms with Gasteiger partial charge in [-0.15, -0.1) is 5.10 Å². The highest BCUT2D eigenvalue weighted by atomic mass is 16.5. The molecule has 100 valence electrons. The predicted octanol–water partition coefficient (Wildman–Crippen LogP) is -0.572. The second-order valence-corrected chi connectivity index (χ2v) is 4.26. The number of nitrogens with zero attached hydrogens (tertiary/aromatic N) is 3. The molecule has 2 heterocycles. The van der Waals surface area contributed by atoms with E-state index in [0.29, 0.717) is 19.7 Å². The van der Waals surface area contributed by atoms with Crippen LogP contribution in [0.4, 0.5) is 0 Å². The van der Waals surface area contributed by atoms with Crippen molar-refractivity contribution in [3.63, 3.8) is 0 Å². The lowest BCUT2D eigenvalue weighted by Gasteiger charge is -2.32. The Balaban J connectivity index is 1.99. The number of amides is 1. The quantitative estimate of drug-likeness (QED) is 0.750. The molecule has 0 bridgehead atoms. The zero-order valence-corrected chi connectivity index (χ0v) is 10.8. The number of ether oxygens (including phenoxy) is 1. The maximum atomic E-state index is 12.2. The number of hydrogen-bond acceptors (Lipinski definition) is 5. The highest BCUT2D eigenvalue weighted by Gasteiger charge is 2.26. The minimum Gasteiger partial charge on any atom is -0.373 e. The molecular formula is C11H19N5O2. The van der Waals surface area contributed by atoms with Crippen molar-refractivity contribution in [2.45, 2.75) is 19.4 Å². The topological polar surface area (TPSA) is 83.1 Å². The molecule has 1 aliphatic heterocycles. The van der Waals surface area contributed by atoms with Crippen LogP contribution >= 0.6 is 0 Å². The molecule has 1 aromatic rings. The highest BCUT2D eigenvalue weighted by molar-refractivity contribution is 5.90. The zero-order valence-electron chi connectivity index (χ0n) is 10.8. The van der Waals surface area contributed by atoms with Crippen LogP contribution in [0, 0.1) is 0 Å². The zero-order chi connectivity index (χ0) is 13.0. The summed E-state index contributed by atoms with van der Waals surface area (Å²) in [5.41, 5.74) is 0. The average molecular weight is 253 g/mol. The van der Waals surface area contributed by atoms with Crippen molar-refractivity contribution in [3.05, 3.63) is 11.6 Å². The lowest BCUT2D eigenvalue weighted by molar-refractivity contribution is -0.0200.